The van der Waals surface area contributed by atoms with Gasteiger partial charge in [0, 0.05) is 5.54 Å². The van der Waals surface area contributed by atoms with E-state index in [1.165, 1.54) is 6.07 Å². The molecule has 0 saturated carbocycles. The van der Waals surface area contributed by atoms with Crippen LogP contribution in [0.3, 0.4) is 0 Å². The van der Waals surface area contributed by atoms with Crippen LogP contribution in [-0.4, -0.2) is 19.9 Å². The average molecular weight is 364 g/mol. The van der Waals surface area contributed by atoms with Crippen LogP contribution in [0.2, 0.25) is 0 Å². The van der Waals surface area contributed by atoms with Crippen LogP contribution < -0.4 is 10.0 Å². The number of benzene rings is 2. The molecule has 0 aromatic heterocycles. The molecular formula is C18H21FN2O3S. The number of rotatable bonds is 5. The first-order chi connectivity index (χ1) is 11.6. The summed E-state index contributed by atoms with van der Waals surface area (Å²) >= 11 is 0. The van der Waals surface area contributed by atoms with Gasteiger partial charge in [-0.3, -0.25) is 9.52 Å². The molecule has 0 bridgehead atoms. The number of carbonyl (C=O) groups is 1. The maximum Gasteiger partial charge on any atom is 0.253 e. The number of sulfonamides is 1. The first-order valence-corrected chi connectivity index (χ1v) is 9.37. The van der Waals surface area contributed by atoms with Crippen molar-refractivity contribution >= 4 is 21.6 Å². The molecule has 2 aromatic carbocycles. The van der Waals surface area contributed by atoms with Gasteiger partial charge in [0.15, 0.2) is 0 Å². The van der Waals surface area contributed by atoms with Crippen molar-refractivity contribution in [2.75, 3.05) is 4.72 Å². The molecule has 0 aliphatic heterocycles. The van der Waals surface area contributed by atoms with E-state index in [2.05, 4.69) is 10.0 Å². The lowest BCUT2D eigenvalue weighted by atomic mass is 10.1. The molecule has 0 aliphatic carbocycles. The summed E-state index contributed by atoms with van der Waals surface area (Å²) in [6, 6.07) is 12.0. The number of nitrogens with one attached hydrogen (secondary N) is 2. The highest BCUT2D eigenvalue weighted by Gasteiger charge is 2.21. The van der Waals surface area contributed by atoms with Crippen LogP contribution in [0.15, 0.2) is 48.5 Å². The minimum absolute atomic E-state index is 0.0629. The van der Waals surface area contributed by atoms with Crippen LogP contribution in [-0.2, 0) is 15.8 Å². The largest absolute Gasteiger partial charge is 0.347 e. The van der Waals surface area contributed by atoms with Crippen molar-refractivity contribution in [2.24, 2.45) is 0 Å². The predicted molar refractivity (Wildman–Crippen MR) is 96.3 cm³/mol. The molecule has 7 heteroatoms. The summed E-state index contributed by atoms with van der Waals surface area (Å²) in [7, 11) is -3.80. The summed E-state index contributed by atoms with van der Waals surface area (Å²) in [5, 5.41) is 2.73. The molecule has 1 amide bonds. The standard InChI is InChI=1S/C18H21FN2O3S/c1-18(2,3)20-17(22)15-10-9-14(19)11-16(15)21-25(23,24)12-13-7-5-4-6-8-13/h4-11,21H,12H2,1-3H3,(H,20,22). The summed E-state index contributed by atoms with van der Waals surface area (Å²) < 4.78 is 40.6. The topological polar surface area (TPSA) is 75.3 Å². The SMILES string of the molecule is CC(C)(C)NC(=O)c1ccc(F)cc1NS(=O)(=O)Cc1ccccc1. The van der Waals surface area contributed by atoms with Crippen LogP contribution >= 0.6 is 0 Å². The fourth-order valence-corrected chi connectivity index (χ4v) is 3.41. The molecule has 0 unspecified atom stereocenters. The summed E-state index contributed by atoms with van der Waals surface area (Å²) in [4.78, 5) is 12.4. The zero-order valence-corrected chi connectivity index (χ0v) is 15.2. The molecule has 0 spiro atoms. The van der Waals surface area contributed by atoms with E-state index < -0.39 is 27.3 Å². The van der Waals surface area contributed by atoms with E-state index in [0.29, 0.717) is 5.56 Å². The molecule has 2 rings (SSSR count). The zero-order chi connectivity index (χ0) is 18.7. The summed E-state index contributed by atoms with van der Waals surface area (Å²) in [5.74, 6) is -1.39. The van der Waals surface area contributed by atoms with Gasteiger partial charge in [0.2, 0.25) is 10.0 Å². The Morgan fingerprint density at radius 2 is 1.72 bits per heavy atom. The molecule has 0 fully saturated rings. The lowest BCUT2D eigenvalue weighted by molar-refractivity contribution is 0.0920. The van der Waals surface area contributed by atoms with Crippen molar-refractivity contribution in [1.82, 2.24) is 5.32 Å². The van der Waals surface area contributed by atoms with Crippen LogP contribution in [0, 0.1) is 5.82 Å². The highest BCUT2D eigenvalue weighted by molar-refractivity contribution is 7.91. The number of hydrogen-bond donors (Lipinski definition) is 2. The number of amides is 1. The average Bonchev–Trinajstić information content (AvgIpc) is 2.45. The Hall–Kier alpha value is -2.41. The van der Waals surface area contributed by atoms with E-state index >= 15 is 0 Å². The highest BCUT2D eigenvalue weighted by Crippen LogP contribution is 2.21. The third-order valence-corrected chi connectivity index (χ3v) is 4.42. The van der Waals surface area contributed by atoms with Gasteiger partial charge in [-0.1, -0.05) is 30.3 Å². The van der Waals surface area contributed by atoms with Crippen LogP contribution in [0.1, 0.15) is 36.7 Å². The number of hydrogen-bond acceptors (Lipinski definition) is 3. The van der Waals surface area contributed by atoms with E-state index in [4.69, 9.17) is 0 Å². The second-order valence-electron chi connectivity index (χ2n) is 6.74. The number of anilines is 1. The van der Waals surface area contributed by atoms with E-state index in [-0.39, 0.29) is 17.0 Å². The van der Waals surface area contributed by atoms with Crippen LogP contribution in [0.5, 0.6) is 0 Å². The number of carbonyl (C=O) groups excluding carboxylic acids is 1. The van der Waals surface area contributed by atoms with Gasteiger partial charge in [-0.15, -0.1) is 0 Å². The third kappa shape index (κ3) is 5.86. The first kappa shape index (κ1) is 18.9. The molecule has 5 nitrogen and oxygen atoms in total. The van der Waals surface area contributed by atoms with Crippen molar-refractivity contribution in [1.29, 1.82) is 0 Å². The van der Waals surface area contributed by atoms with Gasteiger partial charge in [-0.05, 0) is 44.5 Å². The summed E-state index contributed by atoms with van der Waals surface area (Å²) in [5.41, 5.74) is 0.0591. The van der Waals surface area contributed by atoms with Crippen molar-refractivity contribution in [3.05, 3.63) is 65.5 Å². The molecule has 0 radical (unpaired) electrons. The molecule has 0 heterocycles. The minimum atomic E-state index is -3.80. The third-order valence-electron chi connectivity index (χ3n) is 3.18. The lowest BCUT2D eigenvalue weighted by Gasteiger charge is -2.21. The molecule has 134 valence electrons. The van der Waals surface area contributed by atoms with Gasteiger partial charge in [-0.2, -0.15) is 0 Å². The zero-order valence-electron chi connectivity index (χ0n) is 14.3. The highest BCUT2D eigenvalue weighted by atomic mass is 32.2. The fraction of sp³-hybridized carbons (Fsp3) is 0.278. The first-order valence-electron chi connectivity index (χ1n) is 7.72. The Morgan fingerprint density at radius 3 is 2.32 bits per heavy atom. The van der Waals surface area contributed by atoms with E-state index in [0.717, 1.165) is 12.1 Å². The number of halogens is 1. The maximum absolute atomic E-state index is 13.6. The summed E-state index contributed by atoms with van der Waals surface area (Å²) in [6.07, 6.45) is 0. The fourth-order valence-electron chi connectivity index (χ4n) is 2.20. The molecule has 0 aliphatic rings. The van der Waals surface area contributed by atoms with Crippen molar-refractivity contribution in [2.45, 2.75) is 32.1 Å². The Bertz CT molecular complexity index is 860. The van der Waals surface area contributed by atoms with Gasteiger partial charge < -0.3 is 5.32 Å². The van der Waals surface area contributed by atoms with E-state index in [1.807, 2.05) is 0 Å². The lowest BCUT2D eigenvalue weighted by Crippen LogP contribution is -2.40. The van der Waals surface area contributed by atoms with Crippen molar-refractivity contribution in [3.8, 4) is 0 Å². The smallest absolute Gasteiger partial charge is 0.253 e. The molecule has 25 heavy (non-hydrogen) atoms. The van der Waals surface area contributed by atoms with Crippen molar-refractivity contribution in [3.63, 3.8) is 0 Å². The van der Waals surface area contributed by atoms with Gasteiger partial charge in [0.1, 0.15) is 5.82 Å². The van der Waals surface area contributed by atoms with Crippen molar-refractivity contribution < 1.29 is 17.6 Å². The molecule has 2 N–H and O–H groups in total. The Labute approximate surface area is 147 Å². The van der Waals surface area contributed by atoms with Gasteiger partial charge in [0.05, 0.1) is 17.0 Å². The van der Waals surface area contributed by atoms with Gasteiger partial charge in [0.25, 0.3) is 5.91 Å². The predicted octanol–water partition coefficient (Wildman–Crippen LogP) is 3.30. The van der Waals surface area contributed by atoms with E-state index in [9.17, 15) is 17.6 Å². The molecule has 0 saturated heterocycles. The van der Waals surface area contributed by atoms with Crippen LogP contribution in [0.25, 0.3) is 0 Å². The molecular weight excluding hydrogens is 343 g/mol. The normalized spacial score (nSPS) is 11.8. The maximum atomic E-state index is 13.6. The van der Waals surface area contributed by atoms with Gasteiger partial charge >= 0.3 is 0 Å². The Kier molecular flexibility index (Phi) is 5.47. The molecule has 0 atom stereocenters. The van der Waals surface area contributed by atoms with E-state index in [1.54, 1.807) is 51.1 Å². The Morgan fingerprint density at radius 1 is 1.08 bits per heavy atom. The monoisotopic (exact) mass is 364 g/mol. The second kappa shape index (κ2) is 7.23. The van der Waals surface area contributed by atoms with Crippen LogP contribution in [0.4, 0.5) is 10.1 Å². The molecule has 2 aromatic rings. The minimum Gasteiger partial charge on any atom is -0.347 e. The summed E-state index contributed by atoms with van der Waals surface area (Å²) in [6.45, 7) is 5.40. The Balaban J connectivity index is 2.29. The van der Waals surface area contributed by atoms with Gasteiger partial charge in [-0.25, -0.2) is 12.8 Å². The quantitative estimate of drug-likeness (QED) is 0.855. The second-order valence-corrected chi connectivity index (χ2v) is 8.46.